The number of aryl methyl sites for hydroxylation is 1. The maximum absolute atomic E-state index is 12.3. The van der Waals surface area contributed by atoms with E-state index in [-0.39, 0.29) is 12.6 Å². The van der Waals surface area contributed by atoms with Crippen molar-refractivity contribution in [2.75, 3.05) is 13.2 Å². The largest absolute Gasteiger partial charge is 0.462 e. The van der Waals surface area contributed by atoms with Crippen molar-refractivity contribution in [3.8, 4) is 0 Å². The van der Waals surface area contributed by atoms with Crippen molar-refractivity contribution in [2.45, 2.75) is 32.6 Å². The van der Waals surface area contributed by atoms with E-state index >= 15 is 0 Å². The minimum absolute atomic E-state index is 0.0365. The third kappa shape index (κ3) is 3.83. The molecule has 1 aliphatic rings. The average molecular weight is 336 g/mol. The third-order valence-corrected chi connectivity index (χ3v) is 4.65. The molecule has 130 valence electrons. The molecule has 3 heteroatoms. The van der Waals surface area contributed by atoms with Gasteiger partial charge in [-0.15, -0.1) is 0 Å². The van der Waals surface area contributed by atoms with Crippen LogP contribution in [0.15, 0.2) is 54.1 Å². The van der Waals surface area contributed by atoms with Crippen LogP contribution in [0.5, 0.6) is 0 Å². The topological polar surface area (TPSA) is 46.5 Å². The molecule has 2 aromatic rings. The van der Waals surface area contributed by atoms with E-state index < -0.39 is 0 Å². The molecule has 0 unspecified atom stereocenters. The molecule has 0 fully saturated rings. The molecule has 1 aliphatic carbocycles. The van der Waals surface area contributed by atoms with Gasteiger partial charge in [0.25, 0.3) is 0 Å². The number of unbranched alkanes of at least 4 members (excludes halogenated alkanes) is 1. The first-order chi connectivity index (χ1) is 12.2. The Morgan fingerprint density at radius 1 is 1.12 bits per heavy atom. The number of carbonyl (C=O) groups is 1. The van der Waals surface area contributed by atoms with Gasteiger partial charge in [0, 0.05) is 0 Å². The van der Waals surface area contributed by atoms with E-state index in [0.717, 1.165) is 48.0 Å². The minimum Gasteiger partial charge on any atom is -0.462 e. The van der Waals surface area contributed by atoms with Crippen molar-refractivity contribution in [3.63, 3.8) is 0 Å². The van der Waals surface area contributed by atoms with Crippen molar-refractivity contribution < 1.29 is 14.6 Å². The molecule has 25 heavy (non-hydrogen) atoms. The van der Waals surface area contributed by atoms with Crippen molar-refractivity contribution in [1.29, 1.82) is 0 Å². The summed E-state index contributed by atoms with van der Waals surface area (Å²) in [5.41, 5.74) is 5.96. The summed E-state index contributed by atoms with van der Waals surface area (Å²) in [4.78, 5) is 12.3. The molecule has 0 heterocycles. The van der Waals surface area contributed by atoms with E-state index in [0.29, 0.717) is 12.2 Å². The van der Waals surface area contributed by atoms with Crippen LogP contribution in [-0.2, 0) is 11.2 Å². The molecule has 0 spiro atoms. The number of carbonyl (C=O) groups excluding carboxylic acids is 1. The van der Waals surface area contributed by atoms with Crippen LogP contribution in [-0.4, -0.2) is 24.3 Å². The fourth-order valence-corrected chi connectivity index (χ4v) is 3.27. The van der Waals surface area contributed by atoms with E-state index in [1.165, 1.54) is 5.56 Å². The SMILES string of the molecule is CCCCOC(=O)c1ccc2c(c1)C(c1ccccc1)=C(CO)CC2. The molecule has 3 nitrogen and oxygen atoms in total. The first-order valence-electron chi connectivity index (χ1n) is 8.93. The van der Waals surface area contributed by atoms with Crippen molar-refractivity contribution in [1.82, 2.24) is 0 Å². The molecule has 0 atom stereocenters. The van der Waals surface area contributed by atoms with Crippen LogP contribution in [0, 0.1) is 0 Å². The first kappa shape index (κ1) is 17.4. The monoisotopic (exact) mass is 336 g/mol. The van der Waals surface area contributed by atoms with Crippen LogP contribution in [0.3, 0.4) is 0 Å². The van der Waals surface area contributed by atoms with E-state index in [1.807, 2.05) is 48.5 Å². The highest BCUT2D eigenvalue weighted by atomic mass is 16.5. The summed E-state index contributed by atoms with van der Waals surface area (Å²) in [5, 5.41) is 9.82. The molecule has 0 aromatic heterocycles. The zero-order chi connectivity index (χ0) is 17.6. The van der Waals surface area contributed by atoms with Gasteiger partial charge in [0.1, 0.15) is 0 Å². The summed E-state index contributed by atoms with van der Waals surface area (Å²) >= 11 is 0. The van der Waals surface area contributed by atoms with Gasteiger partial charge in [-0.1, -0.05) is 49.7 Å². The lowest BCUT2D eigenvalue weighted by atomic mass is 9.81. The number of esters is 1. The second-order valence-electron chi connectivity index (χ2n) is 6.36. The Labute approximate surface area is 149 Å². The molecule has 0 radical (unpaired) electrons. The number of hydrogen-bond donors (Lipinski definition) is 1. The zero-order valence-electron chi connectivity index (χ0n) is 14.6. The quantitative estimate of drug-likeness (QED) is 0.629. The summed E-state index contributed by atoms with van der Waals surface area (Å²) in [5.74, 6) is -0.278. The van der Waals surface area contributed by atoms with Gasteiger partial charge < -0.3 is 9.84 Å². The second kappa shape index (κ2) is 8.13. The lowest BCUT2D eigenvalue weighted by Gasteiger charge is -2.23. The molecule has 3 rings (SSSR count). The summed E-state index contributed by atoms with van der Waals surface area (Å²) in [6.45, 7) is 2.56. The van der Waals surface area contributed by atoms with Gasteiger partial charge in [-0.2, -0.15) is 0 Å². The molecule has 0 aliphatic heterocycles. The molecule has 0 bridgehead atoms. The van der Waals surface area contributed by atoms with Gasteiger partial charge >= 0.3 is 5.97 Å². The Bertz CT molecular complexity index is 775. The van der Waals surface area contributed by atoms with Crippen LogP contribution >= 0.6 is 0 Å². The van der Waals surface area contributed by atoms with Gasteiger partial charge in [0.2, 0.25) is 0 Å². The summed E-state index contributed by atoms with van der Waals surface area (Å²) in [7, 11) is 0. The second-order valence-corrected chi connectivity index (χ2v) is 6.36. The van der Waals surface area contributed by atoms with E-state index in [4.69, 9.17) is 4.74 Å². The molecular formula is C22H24O3. The molecule has 2 aromatic carbocycles. The zero-order valence-corrected chi connectivity index (χ0v) is 14.6. The maximum Gasteiger partial charge on any atom is 0.338 e. The Morgan fingerprint density at radius 3 is 2.64 bits per heavy atom. The van der Waals surface area contributed by atoms with Gasteiger partial charge in [-0.05, 0) is 59.2 Å². The van der Waals surface area contributed by atoms with E-state index in [2.05, 4.69) is 6.92 Å². The lowest BCUT2D eigenvalue weighted by molar-refractivity contribution is 0.0499. The number of rotatable bonds is 6. The number of aliphatic hydroxyl groups is 1. The Morgan fingerprint density at radius 2 is 1.92 bits per heavy atom. The normalized spacial score (nSPS) is 13.5. The Balaban J connectivity index is 1.99. The number of hydrogen-bond acceptors (Lipinski definition) is 3. The molecule has 0 amide bonds. The van der Waals surface area contributed by atoms with Crippen LogP contribution in [0.1, 0.15) is 53.2 Å². The van der Waals surface area contributed by atoms with Crippen LogP contribution in [0.2, 0.25) is 0 Å². The third-order valence-electron chi connectivity index (χ3n) is 4.65. The molecule has 1 N–H and O–H groups in total. The van der Waals surface area contributed by atoms with E-state index in [9.17, 15) is 9.90 Å². The standard InChI is InChI=1S/C22H24O3/c1-2-3-13-25-22(24)18-11-9-16-10-12-19(15-23)21(20(16)14-18)17-7-5-4-6-8-17/h4-9,11,14,23H,2-3,10,12-13,15H2,1H3. The smallest absolute Gasteiger partial charge is 0.338 e. The minimum atomic E-state index is -0.278. The van der Waals surface area contributed by atoms with E-state index in [1.54, 1.807) is 0 Å². The Hall–Kier alpha value is -2.39. The van der Waals surface area contributed by atoms with Gasteiger partial charge in [-0.25, -0.2) is 4.79 Å². The number of aliphatic hydroxyl groups excluding tert-OH is 1. The van der Waals surface area contributed by atoms with Crippen molar-refractivity contribution in [3.05, 3.63) is 76.4 Å². The highest BCUT2D eigenvalue weighted by Crippen LogP contribution is 2.36. The molecule has 0 saturated heterocycles. The summed E-state index contributed by atoms with van der Waals surface area (Å²) in [6.07, 6.45) is 3.60. The number of benzene rings is 2. The number of fused-ring (bicyclic) bond motifs is 1. The maximum atomic E-state index is 12.3. The average Bonchev–Trinajstić information content (AvgIpc) is 2.67. The van der Waals surface area contributed by atoms with Gasteiger partial charge in [0.05, 0.1) is 18.8 Å². The van der Waals surface area contributed by atoms with Crippen LogP contribution in [0.25, 0.3) is 5.57 Å². The van der Waals surface area contributed by atoms with Crippen LogP contribution in [0.4, 0.5) is 0 Å². The number of ether oxygens (including phenoxy) is 1. The first-order valence-corrected chi connectivity index (χ1v) is 8.93. The fraction of sp³-hybridized carbons (Fsp3) is 0.318. The van der Waals surface area contributed by atoms with Crippen molar-refractivity contribution in [2.24, 2.45) is 0 Å². The Kier molecular flexibility index (Phi) is 5.67. The summed E-state index contributed by atoms with van der Waals surface area (Å²) in [6, 6.07) is 15.8. The fourth-order valence-electron chi connectivity index (χ4n) is 3.27. The van der Waals surface area contributed by atoms with Gasteiger partial charge in [-0.3, -0.25) is 0 Å². The van der Waals surface area contributed by atoms with Gasteiger partial charge in [0.15, 0.2) is 0 Å². The molecular weight excluding hydrogens is 312 g/mol. The predicted octanol–water partition coefficient (Wildman–Crippen LogP) is 4.38. The summed E-state index contributed by atoms with van der Waals surface area (Å²) < 4.78 is 5.35. The predicted molar refractivity (Wildman–Crippen MR) is 99.5 cm³/mol. The lowest BCUT2D eigenvalue weighted by Crippen LogP contribution is -2.12. The molecule has 0 saturated carbocycles. The highest BCUT2D eigenvalue weighted by molar-refractivity contribution is 5.93. The van der Waals surface area contributed by atoms with Crippen LogP contribution < -0.4 is 0 Å². The van der Waals surface area contributed by atoms with Crippen molar-refractivity contribution >= 4 is 11.5 Å². The highest BCUT2D eigenvalue weighted by Gasteiger charge is 2.21.